The molecule has 0 amide bonds. The van der Waals surface area contributed by atoms with E-state index in [9.17, 15) is 5.11 Å². The Morgan fingerprint density at radius 3 is 2.61 bits per heavy atom. The van der Waals surface area contributed by atoms with Gasteiger partial charge in [-0.05, 0) is 44.7 Å². The summed E-state index contributed by atoms with van der Waals surface area (Å²) in [7, 11) is 1.98. The van der Waals surface area contributed by atoms with Crippen molar-refractivity contribution < 1.29 is 9.84 Å². The standard InChI is InChI=1S/C14H20N2O2/c1-12(17)11-16(2)8-3-9-18-14-6-4-13(10-15)5-7-14/h4-7,12,17H,3,8-9,11H2,1-2H3. The highest BCUT2D eigenvalue weighted by Gasteiger charge is 2.02. The molecule has 0 saturated carbocycles. The van der Waals surface area contributed by atoms with E-state index < -0.39 is 0 Å². The van der Waals surface area contributed by atoms with Crippen LogP contribution in [-0.4, -0.2) is 42.9 Å². The summed E-state index contributed by atoms with van der Waals surface area (Å²) in [6.45, 7) is 3.98. The molecule has 0 heterocycles. The van der Waals surface area contributed by atoms with Gasteiger partial charge in [0, 0.05) is 13.1 Å². The van der Waals surface area contributed by atoms with E-state index in [1.54, 1.807) is 31.2 Å². The van der Waals surface area contributed by atoms with Gasteiger partial charge in [-0.25, -0.2) is 0 Å². The molecular weight excluding hydrogens is 228 g/mol. The fraction of sp³-hybridized carbons (Fsp3) is 0.500. The Kier molecular flexibility index (Phi) is 6.20. The zero-order chi connectivity index (χ0) is 13.4. The van der Waals surface area contributed by atoms with E-state index in [2.05, 4.69) is 11.0 Å². The van der Waals surface area contributed by atoms with Crippen molar-refractivity contribution in [3.05, 3.63) is 29.8 Å². The first-order valence-corrected chi connectivity index (χ1v) is 6.11. The van der Waals surface area contributed by atoms with Crippen molar-refractivity contribution in [2.24, 2.45) is 0 Å². The number of hydrogen-bond acceptors (Lipinski definition) is 4. The smallest absolute Gasteiger partial charge is 0.119 e. The predicted molar refractivity (Wildman–Crippen MR) is 70.4 cm³/mol. The molecule has 1 rings (SSSR count). The van der Waals surface area contributed by atoms with Crippen LogP contribution in [-0.2, 0) is 0 Å². The highest BCUT2D eigenvalue weighted by atomic mass is 16.5. The van der Waals surface area contributed by atoms with Gasteiger partial charge < -0.3 is 14.7 Å². The Balaban J connectivity index is 2.19. The molecule has 0 fully saturated rings. The third kappa shape index (κ3) is 5.67. The molecule has 98 valence electrons. The van der Waals surface area contributed by atoms with Gasteiger partial charge in [-0.1, -0.05) is 0 Å². The molecular formula is C14H20N2O2. The summed E-state index contributed by atoms with van der Waals surface area (Å²) in [6, 6.07) is 9.17. The largest absolute Gasteiger partial charge is 0.494 e. The van der Waals surface area contributed by atoms with E-state index in [1.807, 2.05) is 7.05 Å². The average molecular weight is 248 g/mol. The molecule has 4 heteroatoms. The van der Waals surface area contributed by atoms with Crippen molar-refractivity contribution in [2.45, 2.75) is 19.4 Å². The van der Waals surface area contributed by atoms with Crippen molar-refractivity contribution in [2.75, 3.05) is 26.7 Å². The van der Waals surface area contributed by atoms with Gasteiger partial charge in [0.2, 0.25) is 0 Å². The van der Waals surface area contributed by atoms with Crippen molar-refractivity contribution >= 4 is 0 Å². The third-order valence-corrected chi connectivity index (χ3v) is 2.51. The van der Waals surface area contributed by atoms with Crippen LogP contribution >= 0.6 is 0 Å². The Labute approximate surface area is 108 Å². The Hall–Kier alpha value is -1.57. The van der Waals surface area contributed by atoms with E-state index in [0.29, 0.717) is 18.7 Å². The number of aliphatic hydroxyl groups is 1. The van der Waals surface area contributed by atoms with Crippen molar-refractivity contribution in [1.82, 2.24) is 4.90 Å². The predicted octanol–water partition coefficient (Wildman–Crippen LogP) is 1.64. The lowest BCUT2D eigenvalue weighted by molar-refractivity contribution is 0.137. The van der Waals surface area contributed by atoms with Crippen molar-refractivity contribution in [3.63, 3.8) is 0 Å². The summed E-state index contributed by atoms with van der Waals surface area (Å²) in [5.74, 6) is 0.784. The van der Waals surface area contributed by atoms with E-state index in [-0.39, 0.29) is 6.10 Å². The number of likely N-dealkylation sites (N-methyl/N-ethyl adjacent to an activating group) is 1. The van der Waals surface area contributed by atoms with Gasteiger partial charge in [0.1, 0.15) is 5.75 Å². The molecule has 0 saturated heterocycles. The van der Waals surface area contributed by atoms with Crippen LogP contribution in [0.15, 0.2) is 24.3 Å². The van der Waals surface area contributed by atoms with Gasteiger partial charge in [-0.2, -0.15) is 5.26 Å². The second kappa shape index (κ2) is 7.70. The maximum atomic E-state index is 9.21. The fourth-order valence-corrected chi connectivity index (χ4v) is 1.69. The number of hydrogen-bond donors (Lipinski definition) is 1. The number of benzene rings is 1. The highest BCUT2D eigenvalue weighted by Crippen LogP contribution is 2.11. The molecule has 1 N–H and O–H groups in total. The van der Waals surface area contributed by atoms with Crippen LogP contribution in [0.4, 0.5) is 0 Å². The minimum Gasteiger partial charge on any atom is -0.494 e. The zero-order valence-electron chi connectivity index (χ0n) is 11.0. The van der Waals surface area contributed by atoms with Crippen LogP contribution in [0.5, 0.6) is 5.75 Å². The lowest BCUT2D eigenvalue weighted by Gasteiger charge is -2.18. The minimum absolute atomic E-state index is 0.297. The van der Waals surface area contributed by atoms with Crippen LogP contribution in [0.2, 0.25) is 0 Å². The number of ether oxygens (including phenoxy) is 1. The summed E-state index contributed by atoms with van der Waals surface area (Å²) in [4.78, 5) is 2.08. The molecule has 0 aliphatic rings. The average Bonchev–Trinajstić information content (AvgIpc) is 2.34. The summed E-state index contributed by atoms with van der Waals surface area (Å²) < 4.78 is 5.56. The van der Waals surface area contributed by atoms with Crippen LogP contribution in [0.25, 0.3) is 0 Å². The van der Waals surface area contributed by atoms with Gasteiger partial charge >= 0.3 is 0 Å². The quantitative estimate of drug-likeness (QED) is 0.745. The Morgan fingerprint density at radius 1 is 1.39 bits per heavy atom. The van der Waals surface area contributed by atoms with Crippen LogP contribution < -0.4 is 4.74 Å². The topological polar surface area (TPSA) is 56.5 Å². The molecule has 4 nitrogen and oxygen atoms in total. The molecule has 0 aliphatic heterocycles. The molecule has 1 unspecified atom stereocenters. The minimum atomic E-state index is -0.297. The molecule has 1 aromatic rings. The first kappa shape index (κ1) is 14.5. The zero-order valence-corrected chi connectivity index (χ0v) is 11.0. The van der Waals surface area contributed by atoms with Gasteiger partial charge in [0.25, 0.3) is 0 Å². The molecule has 0 radical (unpaired) electrons. The van der Waals surface area contributed by atoms with Gasteiger partial charge in [-0.15, -0.1) is 0 Å². The van der Waals surface area contributed by atoms with E-state index in [1.165, 1.54) is 0 Å². The van der Waals surface area contributed by atoms with Gasteiger partial charge in [0.05, 0.1) is 24.3 Å². The second-order valence-electron chi connectivity index (χ2n) is 4.45. The monoisotopic (exact) mass is 248 g/mol. The van der Waals surface area contributed by atoms with Crippen molar-refractivity contribution in [3.8, 4) is 11.8 Å². The van der Waals surface area contributed by atoms with Gasteiger partial charge in [-0.3, -0.25) is 0 Å². The first-order valence-electron chi connectivity index (χ1n) is 6.11. The summed E-state index contributed by atoms with van der Waals surface area (Å²) >= 11 is 0. The normalized spacial score (nSPS) is 12.2. The third-order valence-electron chi connectivity index (χ3n) is 2.51. The summed E-state index contributed by atoms with van der Waals surface area (Å²) in [5, 5.41) is 17.9. The molecule has 18 heavy (non-hydrogen) atoms. The SMILES string of the molecule is CC(O)CN(C)CCCOc1ccc(C#N)cc1. The van der Waals surface area contributed by atoms with Gasteiger partial charge in [0.15, 0.2) is 0 Å². The summed E-state index contributed by atoms with van der Waals surface area (Å²) in [5.41, 5.74) is 0.638. The Bertz CT molecular complexity index is 382. The molecule has 1 atom stereocenters. The second-order valence-corrected chi connectivity index (χ2v) is 4.45. The number of rotatable bonds is 7. The lowest BCUT2D eigenvalue weighted by atomic mass is 10.2. The summed E-state index contributed by atoms with van der Waals surface area (Å²) in [6.07, 6.45) is 0.609. The number of aliphatic hydroxyl groups excluding tert-OH is 1. The fourth-order valence-electron chi connectivity index (χ4n) is 1.69. The molecule has 0 bridgehead atoms. The van der Waals surface area contributed by atoms with Crippen LogP contribution in [0, 0.1) is 11.3 Å². The highest BCUT2D eigenvalue weighted by molar-refractivity contribution is 5.34. The molecule has 0 aliphatic carbocycles. The maximum absolute atomic E-state index is 9.21. The maximum Gasteiger partial charge on any atom is 0.119 e. The number of nitrogens with zero attached hydrogens (tertiary/aromatic N) is 2. The van der Waals surface area contributed by atoms with E-state index in [4.69, 9.17) is 10.00 Å². The number of nitriles is 1. The lowest BCUT2D eigenvalue weighted by Crippen LogP contribution is -2.28. The first-order chi connectivity index (χ1) is 8.61. The van der Waals surface area contributed by atoms with Crippen molar-refractivity contribution in [1.29, 1.82) is 5.26 Å². The van der Waals surface area contributed by atoms with Crippen LogP contribution in [0.1, 0.15) is 18.9 Å². The molecule has 0 spiro atoms. The molecule has 1 aromatic carbocycles. The molecule has 0 aromatic heterocycles. The van der Waals surface area contributed by atoms with E-state index in [0.717, 1.165) is 18.7 Å². The Morgan fingerprint density at radius 2 is 2.06 bits per heavy atom. The van der Waals surface area contributed by atoms with E-state index >= 15 is 0 Å². The van der Waals surface area contributed by atoms with Crippen LogP contribution in [0.3, 0.4) is 0 Å².